The first-order chi connectivity index (χ1) is 16.7. The van der Waals surface area contributed by atoms with Crippen molar-refractivity contribution < 1.29 is 19.0 Å². The summed E-state index contributed by atoms with van der Waals surface area (Å²) < 4.78 is 19.2. The zero-order chi connectivity index (χ0) is 23.3. The third-order valence-corrected chi connectivity index (χ3v) is 6.29. The average molecular weight is 462 g/mol. The number of nitrogens with zero attached hydrogens (tertiary/aromatic N) is 2. The quantitative estimate of drug-likeness (QED) is 0.342. The smallest absolute Gasteiger partial charge is 0.291 e. The molecule has 1 N–H and O–H groups in total. The summed E-state index contributed by atoms with van der Waals surface area (Å²) in [7, 11) is 0. The van der Waals surface area contributed by atoms with E-state index in [1.807, 2.05) is 35.0 Å². The molecule has 5 rings (SSSR count). The molecule has 1 aliphatic heterocycles. The van der Waals surface area contributed by atoms with Gasteiger partial charge in [-0.25, -0.2) is 0 Å². The zero-order valence-corrected chi connectivity index (χ0v) is 19.5. The average Bonchev–Trinajstić information content (AvgIpc) is 3.65. The number of carbonyl (C=O) groups excluding carboxylic acids is 1. The van der Waals surface area contributed by atoms with Gasteiger partial charge < -0.3 is 19.5 Å². The Balaban J connectivity index is 1.17. The lowest BCUT2D eigenvalue weighted by atomic mass is 10.1. The lowest BCUT2D eigenvalue weighted by molar-refractivity contribution is -0.163. The van der Waals surface area contributed by atoms with Gasteiger partial charge in [0.05, 0.1) is 24.9 Å². The summed E-state index contributed by atoms with van der Waals surface area (Å²) in [6.07, 6.45) is 9.11. The van der Waals surface area contributed by atoms with Gasteiger partial charge in [0.2, 0.25) is 0 Å². The van der Waals surface area contributed by atoms with E-state index in [0.717, 1.165) is 36.8 Å². The summed E-state index contributed by atoms with van der Waals surface area (Å²) >= 11 is 0. The Bertz CT molecular complexity index is 1160. The highest BCUT2D eigenvalue weighted by atomic mass is 16.7. The molecule has 7 nitrogen and oxygen atoms in total. The van der Waals surface area contributed by atoms with Crippen LogP contribution in [-0.4, -0.2) is 35.2 Å². The van der Waals surface area contributed by atoms with Gasteiger partial charge in [0.1, 0.15) is 5.75 Å². The molecule has 0 bridgehead atoms. The van der Waals surface area contributed by atoms with E-state index in [-0.39, 0.29) is 18.0 Å². The third-order valence-electron chi connectivity index (χ3n) is 6.29. The van der Waals surface area contributed by atoms with Gasteiger partial charge in [0.25, 0.3) is 5.91 Å². The maximum Gasteiger partial charge on any atom is 0.291 e. The summed E-state index contributed by atoms with van der Waals surface area (Å²) in [6, 6.07) is 13.8. The van der Waals surface area contributed by atoms with Gasteiger partial charge in [-0.2, -0.15) is 5.10 Å². The largest absolute Gasteiger partial charge is 0.452 e. The first kappa shape index (κ1) is 22.6. The van der Waals surface area contributed by atoms with E-state index in [4.69, 9.17) is 14.2 Å². The molecule has 178 valence electrons. The second-order valence-electron chi connectivity index (χ2n) is 8.86. The van der Waals surface area contributed by atoms with Gasteiger partial charge in [-0.3, -0.25) is 9.48 Å². The number of nitrogens with one attached hydrogen (secondary N) is 1. The van der Waals surface area contributed by atoms with Crippen molar-refractivity contribution in [1.29, 1.82) is 0 Å². The molecule has 0 spiro atoms. The van der Waals surface area contributed by atoms with E-state index in [0.29, 0.717) is 30.5 Å². The Morgan fingerprint density at radius 3 is 2.76 bits per heavy atom. The molecule has 1 aliphatic carbocycles. The number of anilines is 1. The lowest BCUT2D eigenvalue weighted by Crippen LogP contribution is -2.24. The minimum absolute atomic E-state index is 0.100. The number of aromatic nitrogens is 2. The van der Waals surface area contributed by atoms with Gasteiger partial charge in [0.15, 0.2) is 12.0 Å². The number of amides is 1. The highest BCUT2D eigenvalue weighted by Gasteiger charge is 2.23. The molecule has 1 saturated heterocycles. The highest BCUT2D eigenvalue weighted by molar-refractivity contribution is 6.03. The standard InChI is InChI=1S/C27H31N3O4/c1-2-25(34-23-11-8-20(9-12-23)19-6-7-19)27(31)29-22-10-13-24-21(17-22)18-28-30(24)14-16-33-26-5-3-4-15-32-26/h2,8-13,17-19,26H,3-7,14-16H2,1H3,(H,29,31). The van der Waals surface area contributed by atoms with Crippen LogP contribution >= 0.6 is 0 Å². The van der Waals surface area contributed by atoms with Gasteiger partial charge in [0, 0.05) is 17.7 Å². The van der Waals surface area contributed by atoms with E-state index in [1.165, 1.54) is 18.4 Å². The van der Waals surface area contributed by atoms with Crippen LogP contribution in [0.4, 0.5) is 5.69 Å². The molecule has 2 aromatic carbocycles. The van der Waals surface area contributed by atoms with E-state index in [2.05, 4.69) is 22.5 Å². The van der Waals surface area contributed by atoms with E-state index < -0.39 is 0 Å². The van der Waals surface area contributed by atoms with E-state index >= 15 is 0 Å². The molecule has 1 amide bonds. The SMILES string of the molecule is CC=C(Oc1ccc(C2CC2)cc1)C(=O)Nc1ccc2c(cnn2CCOC2CCCCO2)c1. The second-order valence-corrected chi connectivity index (χ2v) is 8.86. The van der Waals surface area contributed by atoms with Crippen molar-refractivity contribution in [2.24, 2.45) is 0 Å². The van der Waals surface area contributed by atoms with Crippen molar-refractivity contribution in [2.45, 2.75) is 57.8 Å². The van der Waals surface area contributed by atoms with Gasteiger partial charge in [-0.05, 0) is 86.9 Å². The normalized spacial score (nSPS) is 18.7. The molecule has 2 heterocycles. The number of carbonyl (C=O) groups is 1. The molecule has 1 saturated carbocycles. The minimum Gasteiger partial charge on any atom is -0.452 e. The monoisotopic (exact) mass is 461 g/mol. The first-order valence-corrected chi connectivity index (χ1v) is 12.1. The fraction of sp³-hybridized carbons (Fsp3) is 0.407. The van der Waals surface area contributed by atoms with Crippen LogP contribution in [0, 0.1) is 0 Å². The topological polar surface area (TPSA) is 74.6 Å². The molecule has 2 aliphatic rings. The fourth-order valence-electron chi connectivity index (χ4n) is 4.24. The Morgan fingerprint density at radius 2 is 2.03 bits per heavy atom. The number of rotatable bonds is 9. The molecular formula is C27H31N3O4. The predicted octanol–water partition coefficient (Wildman–Crippen LogP) is 5.38. The van der Waals surface area contributed by atoms with Crippen LogP contribution < -0.4 is 10.1 Å². The van der Waals surface area contributed by atoms with Crippen LogP contribution in [0.1, 0.15) is 50.5 Å². The fourth-order valence-corrected chi connectivity index (χ4v) is 4.24. The van der Waals surface area contributed by atoms with Crippen molar-refractivity contribution in [3.63, 3.8) is 0 Å². The molecule has 2 fully saturated rings. The highest BCUT2D eigenvalue weighted by Crippen LogP contribution is 2.40. The van der Waals surface area contributed by atoms with Crippen molar-refractivity contribution in [2.75, 3.05) is 18.5 Å². The van der Waals surface area contributed by atoms with Gasteiger partial charge in [-0.15, -0.1) is 0 Å². The van der Waals surface area contributed by atoms with Crippen LogP contribution in [-0.2, 0) is 20.8 Å². The molecule has 1 unspecified atom stereocenters. The maximum atomic E-state index is 12.8. The van der Waals surface area contributed by atoms with Crippen molar-refractivity contribution in [3.8, 4) is 5.75 Å². The van der Waals surface area contributed by atoms with Crippen molar-refractivity contribution >= 4 is 22.5 Å². The van der Waals surface area contributed by atoms with Crippen molar-refractivity contribution in [1.82, 2.24) is 9.78 Å². The number of fused-ring (bicyclic) bond motifs is 1. The van der Waals surface area contributed by atoms with Gasteiger partial charge >= 0.3 is 0 Å². The van der Waals surface area contributed by atoms with Crippen LogP contribution in [0.15, 0.2) is 60.5 Å². The van der Waals surface area contributed by atoms with Gasteiger partial charge in [-0.1, -0.05) is 12.1 Å². The number of hydrogen-bond donors (Lipinski definition) is 1. The molecule has 1 aromatic heterocycles. The van der Waals surface area contributed by atoms with Crippen molar-refractivity contribution in [3.05, 3.63) is 66.1 Å². The summed E-state index contributed by atoms with van der Waals surface area (Å²) in [5.41, 5.74) is 3.02. The molecule has 1 atom stereocenters. The zero-order valence-electron chi connectivity index (χ0n) is 19.5. The third kappa shape index (κ3) is 5.48. The molecular weight excluding hydrogens is 430 g/mol. The Labute approximate surface area is 199 Å². The molecule has 34 heavy (non-hydrogen) atoms. The lowest BCUT2D eigenvalue weighted by Gasteiger charge is -2.22. The number of hydrogen-bond acceptors (Lipinski definition) is 5. The molecule has 3 aromatic rings. The summed E-state index contributed by atoms with van der Waals surface area (Å²) in [4.78, 5) is 12.8. The molecule has 0 radical (unpaired) electrons. The van der Waals surface area contributed by atoms with Crippen LogP contribution in [0.2, 0.25) is 0 Å². The van der Waals surface area contributed by atoms with E-state index in [9.17, 15) is 4.79 Å². The first-order valence-electron chi connectivity index (χ1n) is 12.1. The predicted molar refractivity (Wildman–Crippen MR) is 131 cm³/mol. The van der Waals surface area contributed by atoms with Crippen LogP contribution in [0.25, 0.3) is 10.9 Å². The summed E-state index contributed by atoms with van der Waals surface area (Å²) in [5, 5.41) is 8.36. The molecule has 7 heteroatoms. The maximum absolute atomic E-state index is 12.8. The second kappa shape index (κ2) is 10.4. The Hall–Kier alpha value is -3.16. The van der Waals surface area contributed by atoms with Crippen LogP contribution in [0.3, 0.4) is 0 Å². The Kier molecular flexibility index (Phi) is 6.92. The Morgan fingerprint density at radius 1 is 1.18 bits per heavy atom. The number of ether oxygens (including phenoxy) is 3. The minimum atomic E-state index is -0.290. The summed E-state index contributed by atoms with van der Waals surface area (Å²) in [5.74, 6) is 1.32. The summed E-state index contributed by atoms with van der Waals surface area (Å²) in [6.45, 7) is 3.76. The number of allylic oxidation sites excluding steroid dienone is 1. The van der Waals surface area contributed by atoms with Crippen LogP contribution in [0.5, 0.6) is 5.75 Å². The van der Waals surface area contributed by atoms with E-state index in [1.54, 1.807) is 19.2 Å². The number of benzene rings is 2.